The van der Waals surface area contributed by atoms with Crippen molar-refractivity contribution < 1.29 is 31.8 Å². The highest BCUT2D eigenvalue weighted by atomic mass is 35.5. The predicted molar refractivity (Wildman–Crippen MR) is 66.5 cm³/mol. The minimum absolute atomic E-state index is 0.130. The number of ether oxygens (including phenoxy) is 2. The third-order valence-corrected chi connectivity index (χ3v) is 3.11. The van der Waals surface area contributed by atoms with Gasteiger partial charge in [-0.2, -0.15) is 13.2 Å². The van der Waals surface area contributed by atoms with Crippen LogP contribution in [0.25, 0.3) is 6.08 Å². The second kappa shape index (κ2) is 5.22. The number of alkyl halides is 3. The Bertz CT molecular complexity index is 612. The molecule has 0 saturated heterocycles. The van der Waals surface area contributed by atoms with E-state index < -0.39 is 29.3 Å². The van der Waals surface area contributed by atoms with Gasteiger partial charge in [-0.15, -0.1) is 0 Å². The van der Waals surface area contributed by atoms with Crippen LogP contribution in [0.15, 0.2) is 18.2 Å². The van der Waals surface area contributed by atoms with Crippen LogP contribution in [0.3, 0.4) is 0 Å². The zero-order valence-electron chi connectivity index (χ0n) is 10.6. The van der Waals surface area contributed by atoms with E-state index in [4.69, 9.17) is 16.3 Å². The van der Waals surface area contributed by atoms with Crippen molar-refractivity contribution in [3.8, 4) is 5.75 Å². The number of hydrogen-bond donors (Lipinski definition) is 0. The zero-order valence-corrected chi connectivity index (χ0v) is 11.4. The number of halogens is 5. The molecule has 21 heavy (non-hydrogen) atoms. The number of esters is 1. The summed E-state index contributed by atoms with van der Waals surface area (Å²) in [5.41, 5.74) is -3.17. The molecule has 0 bridgehead atoms. The molecule has 114 valence electrons. The highest BCUT2D eigenvalue weighted by Gasteiger charge is 2.64. The van der Waals surface area contributed by atoms with Gasteiger partial charge in [-0.1, -0.05) is 17.7 Å². The quantitative estimate of drug-likeness (QED) is 0.614. The Labute approximate surface area is 122 Å². The van der Waals surface area contributed by atoms with Crippen LogP contribution in [0.1, 0.15) is 12.5 Å². The van der Waals surface area contributed by atoms with Crippen molar-refractivity contribution in [2.45, 2.75) is 18.7 Å². The summed E-state index contributed by atoms with van der Waals surface area (Å²) in [7, 11) is 0. The van der Waals surface area contributed by atoms with Crippen LogP contribution in [-0.4, -0.2) is 24.4 Å². The van der Waals surface area contributed by atoms with E-state index in [-0.39, 0.29) is 17.2 Å². The lowest BCUT2D eigenvalue weighted by Crippen LogP contribution is -2.56. The first-order valence-corrected chi connectivity index (χ1v) is 6.20. The van der Waals surface area contributed by atoms with Crippen LogP contribution in [0, 0.1) is 5.82 Å². The normalized spacial score (nSPS) is 20.7. The average molecular weight is 325 g/mol. The van der Waals surface area contributed by atoms with Gasteiger partial charge < -0.3 is 9.47 Å². The van der Waals surface area contributed by atoms with Crippen molar-refractivity contribution in [1.29, 1.82) is 0 Å². The second-order valence-corrected chi connectivity index (χ2v) is 4.60. The van der Waals surface area contributed by atoms with Gasteiger partial charge in [0.2, 0.25) is 0 Å². The molecule has 1 heterocycles. The summed E-state index contributed by atoms with van der Waals surface area (Å²) < 4.78 is 62.3. The number of benzene rings is 1. The second-order valence-electron chi connectivity index (χ2n) is 4.19. The van der Waals surface area contributed by atoms with Gasteiger partial charge in [-0.25, -0.2) is 9.18 Å². The van der Waals surface area contributed by atoms with Gasteiger partial charge in [0.1, 0.15) is 11.6 Å². The molecular formula is C13H9ClF4O3. The van der Waals surface area contributed by atoms with E-state index in [1.807, 2.05) is 0 Å². The molecule has 0 N–H and O–H groups in total. The van der Waals surface area contributed by atoms with Crippen molar-refractivity contribution >= 4 is 23.6 Å². The van der Waals surface area contributed by atoms with E-state index in [0.29, 0.717) is 12.1 Å². The highest BCUT2D eigenvalue weighted by molar-refractivity contribution is 6.31. The van der Waals surface area contributed by atoms with Crippen LogP contribution in [-0.2, 0) is 9.53 Å². The van der Waals surface area contributed by atoms with E-state index >= 15 is 0 Å². The Kier molecular flexibility index (Phi) is 3.88. The molecule has 1 aromatic carbocycles. The molecule has 0 fully saturated rings. The standard InChI is InChI=1S/C13H9ClF4O3/c1-2-20-11(19)12(13(16,17)18)4-3-7-5-8(14)9(15)6-10(7)21-12/h3-6H,2H2,1H3. The molecule has 0 aromatic heterocycles. The summed E-state index contributed by atoms with van der Waals surface area (Å²) in [6.07, 6.45) is -3.54. The first-order chi connectivity index (χ1) is 9.71. The van der Waals surface area contributed by atoms with Gasteiger partial charge in [-0.3, -0.25) is 0 Å². The molecule has 1 unspecified atom stereocenters. The van der Waals surface area contributed by atoms with Gasteiger partial charge in [0.15, 0.2) is 0 Å². The maximum Gasteiger partial charge on any atom is 0.443 e. The maximum absolute atomic E-state index is 13.4. The number of rotatable bonds is 2. The van der Waals surface area contributed by atoms with Crippen molar-refractivity contribution in [2.75, 3.05) is 6.61 Å². The minimum Gasteiger partial charge on any atom is -0.463 e. The predicted octanol–water partition coefficient (Wildman–Crippen LogP) is 3.75. The monoisotopic (exact) mass is 324 g/mol. The van der Waals surface area contributed by atoms with E-state index in [9.17, 15) is 22.4 Å². The molecule has 1 aliphatic heterocycles. The molecule has 0 amide bonds. The van der Waals surface area contributed by atoms with Gasteiger partial charge in [-0.05, 0) is 19.1 Å². The van der Waals surface area contributed by atoms with Crippen molar-refractivity contribution in [1.82, 2.24) is 0 Å². The maximum atomic E-state index is 13.4. The third-order valence-electron chi connectivity index (χ3n) is 2.82. The van der Waals surface area contributed by atoms with Crippen LogP contribution >= 0.6 is 11.6 Å². The molecule has 3 nitrogen and oxygen atoms in total. The Hall–Kier alpha value is -1.76. The fourth-order valence-electron chi connectivity index (χ4n) is 1.79. The molecule has 0 aliphatic carbocycles. The minimum atomic E-state index is -5.07. The lowest BCUT2D eigenvalue weighted by molar-refractivity contribution is -0.238. The molecular weight excluding hydrogens is 316 g/mol. The van der Waals surface area contributed by atoms with Gasteiger partial charge in [0.25, 0.3) is 0 Å². The molecule has 0 radical (unpaired) electrons. The number of carbonyl (C=O) groups excluding carboxylic acids is 1. The Morgan fingerprint density at radius 2 is 2.10 bits per heavy atom. The van der Waals surface area contributed by atoms with E-state index in [1.165, 1.54) is 6.92 Å². The summed E-state index contributed by atoms with van der Waals surface area (Å²) in [6.45, 7) is 1.11. The molecule has 1 aromatic rings. The SMILES string of the molecule is CCOC(=O)C1(C(F)(F)F)C=Cc2cc(Cl)c(F)cc2O1. The van der Waals surface area contributed by atoms with Gasteiger partial charge in [0.05, 0.1) is 11.6 Å². The van der Waals surface area contributed by atoms with Crippen LogP contribution in [0.5, 0.6) is 5.75 Å². The lowest BCUT2D eigenvalue weighted by atomic mass is 9.97. The van der Waals surface area contributed by atoms with Crippen molar-refractivity contribution in [3.63, 3.8) is 0 Å². The summed E-state index contributed by atoms with van der Waals surface area (Å²) in [5, 5.41) is -0.266. The topological polar surface area (TPSA) is 35.5 Å². The third kappa shape index (κ3) is 2.57. The molecule has 0 saturated carbocycles. The van der Waals surface area contributed by atoms with Crippen molar-refractivity contribution in [2.24, 2.45) is 0 Å². The Balaban J connectivity index is 2.53. The summed E-state index contributed by atoms with van der Waals surface area (Å²) in [4.78, 5) is 11.7. The fourth-order valence-corrected chi connectivity index (χ4v) is 1.97. The molecule has 1 atom stereocenters. The lowest BCUT2D eigenvalue weighted by Gasteiger charge is -2.34. The smallest absolute Gasteiger partial charge is 0.443 e. The summed E-state index contributed by atoms with van der Waals surface area (Å²) in [5.74, 6) is -3.01. The van der Waals surface area contributed by atoms with E-state index in [0.717, 1.165) is 12.1 Å². The number of carbonyl (C=O) groups is 1. The number of fused-ring (bicyclic) bond motifs is 1. The fraction of sp³-hybridized carbons (Fsp3) is 0.308. The first kappa shape index (κ1) is 15.6. The largest absolute Gasteiger partial charge is 0.463 e. The highest BCUT2D eigenvalue weighted by Crippen LogP contribution is 2.43. The molecule has 2 rings (SSSR count). The van der Waals surface area contributed by atoms with Crippen LogP contribution in [0.2, 0.25) is 5.02 Å². The summed E-state index contributed by atoms with van der Waals surface area (Å²) >= 11 is 5.54. The molecule has 1 aliphatic rings. The molecule has 0 spiro atoms. The van der Waals surface area contributed by atoms with Crippen LogP contribution < -0.4 is 4.74 Å². The summed E-state index contributed by atoms with van der Waals surface area (Å²) in [6, 6.07) is 1.80. The average Bonchev–Trinajstić information content (AvgIpc) is 2.38. The van der Waals surface area contributed by atoms with Gasteiger partial charge >= 0.3 is 17.7 Å². The Morgan fingerprint density at radius 1 is 1.43 bits per heavy atom. The van der Waals surface area contributed by atoms with Crippen molar-refractivity contribution in [3.05, 3.63) is 34.6 Å². The van der Waals surface area contributed by atoms with E-state index in [1.54, 1.807) is 0 Å². The van der Waals surface area contributed by atoms with Crippen LogP contribution in [0.4, 0.5) is 17.6 Å². The Morgan fingerprint density at radius 3 is 2.67 bits per heavy atom. The number of hydrogen-bond acceptors (Lipinski definition) is 3. The first-order valence-electron chi connectivity index (χ1n) is 5.82. The van der Waals surface area contributed by atoms with E-state index in [2.05, 4.69) is 4.74 Å². The molecule has 8 heteroatoms. The van der Waals surface area contributed by atoms with Gasteiger partial charge in [0, 0.05) is 11.6 Å². The zero-order chi connectivity index (χ0) is 15.8.